The van der Waals surface area contributed by atoms with E-state index in [1.807, 2.05) is 0 Å². The highest BCUT2D eigenvalue weighted by atomic mass is 28.4. The number of carbonyl (C=O) groups excluding carboxylic acids is 1. The second kappa shape index (κ2) is 13.0. The van der Waals surface area contributed by atoms with Crippen molar-refractivity contribution in [3.8, 4) is 0 Å². The first-order valence-electron chi connectivity index (χ1n) is 16.2. The van der Waals surface area contributed by atoms with Gasteiger partial charge in [-0.3, -0.25) is 4.79 Å². The maximum absolute atomic E-state index is 13.2. The molecule has 0 aliphatic heterocycles. The van der Waals surface area contributed by atoms with Crippen LogP contribution in [0.1, 0.15) is 101 Å². The van der Waals surface area contributed by atoms with Crippen LogP contribution < -0.4 is 0 Å². The fourth-order valence-corrected chi connectivity index (χ4v) is 8.91. The third-order valence-electron chi connectivity index (χ3n) is 11.1. The minimum Gasteiger partial charge on any atom is -0.461 e. The van der Waals surface area contributed by atoms with Gasteiger partial charge < -0.3 is 18.0 Å². The van der Waals surface area contributed by atoms with Gasteiger partial charge in [0.15, 0.2) is 25.0 Å². The molecule has 0 aromatic carbocycles. The summed E-state index contributed by atoms with van der Waals surface area (Å²) in [5.41, 5.74) is 1.05. The summed E-state index contributed by atoms with van der Waals surface area (Å²) < 4.78 is 27.7. The minimum atomic E-state index is -2.15. The van der Waals surface area contributed by atoms with Crippen molar-refractivity contribution in [2.45, 2.75) is 174 Å². The summed E-state index contributed by atoms with van der Waals surface area (Å²) in [7, 11) is -6.41. The van der Waals surface area contributed by atoms with Gasteiger partial charge in [0, 0.05) is 5.92 Å². The molecule has 0 aromatic heterocycles. The predicted octanol–water partition coefficient (Wildman–Crippen LogP) is 9.86. The fourth-order valence-electron chi connectivity index (χ4n) is 4.94. The molecule has 2 aliphatic carbocycles. The Morgan fingerprint density at radius 1 is 0.732 bits per heavy atom. The van der Waals surface area contributed by atoms with Crippen LogP contribution in [0.4, 0.5) is 0 Å². The molecule has 240 valence electrons. The molecule has 0 heterocycles. The van der Waals surface area contributed by atoms with Gasteiger partial charge in [-0.1, -0.05) is 88.5 Å². The molecule has 0 amide bonds. The van der Waals surface area contributed by atoms with Crippen molar-refractivity contribution in [2.75, 3.05) is 6.61 Å². The van der Waals surface area contributed by atoms with E-state index in [4.69, 9.17) is 18.0 Å². The number of ether oxygens (including phenoxy) is 1. The molecular weight excluding hydrogens is 561 g/mol. The van der Waals surface area contributed by atoms with Crippen LogP contribution in [0.25, 0.3) is 0 Å². The van der Waals surface area contributed by atoms with E-state index < -0.39 is 25.0 Å². The number of esters is 1. The topological polar surface area (TPSA) is 54.0 Å². The van der Waals surface area contributed by atoms with Crippen molar-refractivity contribution in [1.82, 2.24) is 0 Å². The molecule has 8 heteroatoms. The van der Waals surface area contributed by atoms with Crippen molar-refractivity contribution in [1.29, 1.82) is 0 Å². The molecule has 5 nitrogen and oxygen atoms in total. The first-order valence-corrected chi connectivity index (χ1v) is 24.9. The van der Waals surface area contributed by atoms with E-state index in [1.54, 1.807) is 0 Å². The third kappa shape index (κ3) is 9.13. The summed E-state index contributed by atoms with van der Waals surface area (Å²) in [5, 5.41) is 0.193. The quantitative estimate of drug-likeness (QED) is 0.145. The van der Waals surface area contributed by atoms with Crippen molar-refractivity contribution in [3.05, 3.63) is 11.6 Å². The molecule has 0 aromatic rings. The highest BCUT2D eigenvalue weighted by Gasteiger charge is 2.51. The summed E-state index contributed by atoms with van der Waals surface area (Å²) in [4.78, 5) is 13.2. The van der Waals surface area contributed by atoms with Gasteiger partial charge >= 0.3 is 5.97 Å². The number of hydrogen-bond acceptors (Lipinski definition) is 5. The molecule has 0 saturated heterocycles. The van der Waals surface area contributed by atoms with E-state index in [0.29, 0.717) is 0 Å². The highest BCUT2D eigenvalue weighted by Crippen LogP contribution is 2.46. The van der Waals surface area contributed by atoms with Gasteiger partial charge in [0.2, 0.25) is 0 Å². The zero-order chi connectivity index (χ0) is 31.8. The predicted molar refractivity (Wildman–Crippen MR) is 181 cm³/mol. The van der Waals surface area contributed by atoms with Gasteiger partial charge in [0.25, 0.3) is 0 Å². The van der Waals surface area contributed by atoms with Crippen LogP contribution in [0, 0.1) is 11.8 Å². The molecule has 0 N–H and O–H groups in total. The van der Waals surface area contributed by atoms with E-state index >= 15 is 0 Å². The Morgan fingerprint density at radius 2 is 1.17 bits per heavy atom. The van der Waals surface area contributed by atoms with Crippen LogP contribution in [0.2, 0.25) is 54.4 Å². The lowest BCUT2D eigenvalue weighted by Gasteiger charge is -2.51. The summed E-state index contributed by atoms with van der Waals surface area (Å²) in [6, 6.07) is 0. The average molecular weight is 627 g/mol. The van der Waals surface area contributed by atoms with Crippen LogP contribution in [0.3, 0.4) is 0 Å². The second-order valence-corrected chi connectivity index (χ2v) is 31.8. The molecule has 2 rings (SSSR count). The highest BCUT2D eigenvalue weighted by molar-refractivity contribution is 6.75. The van der Waals surface area contributed by atoms with E-state index in [2.05, 4.69) is 115 Å². The average Bonchev–Trinajstić information content (AvgIpc) is 2.80. The Bertz CT molecular complexity index is 915. The van der Waals surface area contributed by atoms with E-state index in [9.17, 15) is 4.79 Å². The molecule has 0 radical (unpaired) electrons. The van der Waals surface area contributed by atoms with Crippen LogP contribution >= 0.6 is 0 Å². The lowest BCUT2D eigenvalue weighted by atomic mass is 9.83. The Labute approximate surface area is 257 Å². The van der Waals surface area contributed by atoms with Crippen LogP contribution in [-0.2, 0) is 22.8 Å². The lowest BCUT2D eigenvalue weighted by molar-refractivity contribution is -0.149. The van der Waals surface area contributed by atoms with Crippen LogP contribution in [-0.4, -0.2) is 55.8 Å². The standard InChI is InChI=1S/C33H66O5Si3/c1-24-28(37-40(13,14)32(5,6)7)26(23-35-30(34)25-20-18-17-19-21-25)22-27(36-39(11,12)31(2,3)4)29(24)38-41(15,16)33(8,9)10/h22,24-25,27-29H,17-21,23H2,1-16H3/t24-,27-,28-,29-/m1/s1. The Hall–Kier alpha value is -0.259. The molecule has 0 bridgehead atoms. The summed E-state index contributed by atoms with van der Waals surface area (Å²) in [5.74, 6) is 0.0336. The number of carbonyl (C=O) groups is 1. The first-order chi connectivity index (χ1) is 18.3. The Kier molecular flexibility index (Phi) is 11.7. The maximum Gasteiger partial charge on any atom is 0.309 e. The van der Waals surface area contributed by atoms with Crippen molar-refractivity contribution in [3.63, 3.8) is 0 Å². The third-order valence-corrected chi connectivity index (χ3v) is 24.5. The zero-order valence-electron chi connectivity index (χ0n) is 29.7. The van der Waals surface area contributed by atoms with E-state index in [1.165, 1.54) is 6.42 Å². The molecule has 1 fully saturated rings. The normalized spacial score (nSPS) is 26.1. The Morgan fingerprint density at radius 3 is 1.63 bits per heavy atom. The van der Waals surface area contributed by atoms with Gasteiger partial charge in [0.05, 0.1) is 24.2 Å². The van der Waals surface area contributed by atoms with Crippen molar-refractivity contribution >= 4 is 30.9 Å². The molecule has 0 unspecified atom stereocenters. The molecule has 0 spiro atoms. The van der Waals surface area contributed by atoms with Crippen LogP contribution in [0.15, 0.2) is 11.6 Å². The van der Waals surface area contributed by atoms with Gasteiger partial charge in [0.1, 0.15) is 6.61 Å². The molecule has 2 aliphatic rings. The largest absolute Gasteiger partial charge is 0.461 e. The molecular formula is C33H66O5Si3. The monoisotopic (exact) mass is 626 g/mol. The van der Waals surface area contributed by atoms with Crippen LogP contribution in [0.5, 0.6) is 0 Å². The molecule has 41 heavy (non-hydrogen) atoms. The second-order valence-electron chi connectivity index (χ2n) is 17.5. The van der Waals surface area contributed by atoms with Gasteiger partial charge in [-0.05, 0) is 78.9 Å². The summed E-state index contributed by atoms with van der Waals surface area (Å²) in [6.07, 6.45) is 7.07. The number of rotatable bonds is 9. The smallest absolute Gasteiger partial charge is 0.309 e. The maximum atomic E-state index is 13.2. The van der Waals surface area contributed by atoms with Gasteiger partial charge in [-0.25, -0.2) is 0 Å². The zero-order valence-corrected chi connectivity index (χ0v) is 32.7. The fraction of sp³-hybridized carbons (Fsp3) is 0.909. The number of hydrogen-bond donors (Lipinski definition) is 0. The molecule has 1 saturated carbocycles. The Balaban J connectivity index is 2.58. The van der Waals surface area contributed by atoms with Crippen molar-refractivity contribution in [2.24, 2.45) is 11.8 Å². The summed E-state index contributed by atoms with van der Waals surface area (Å²) >= 11 is 0. The van der Waals surface area contributed by atoms with Gasteiger partial charge in [-0.2, -0.15) is 0 Å². The molecule has 4 atom stereocenters. The van der Waals surface area contributed by atoms with Gasteiger partial charge in [-0.15, -0.1) is 0 Å². The van der Waals surface area contributed by atoms with E-state index in [-0.39, 0.29) is 57.8 Å². The first kappa shape index (κ1) is 36.9. The summed E-state index contributed by atoms with van der Waals surface area (Å²) in [6.45, 7) is 37.1. The van der Waals surface area contributed by atoms with Crippen molar-refractivity contribution < 1.29 is 22.8 Å². The SMILES string of the molecule is C[C@H]1[C@@H](O[Si](C)(C)C(C)(C)C)[C@H](O[Si](C)(C)C(C)(C)C)C=C(COC(=O)C2CCCCC2)[C@@H]1O[Si](C)(C)C(C)(C)C. The van der Waals surface area contributed by atoms with E-state index in [0.717, 1.165) is 31.3 Å². The minimum absolute atomic E-state index is 0.0269. The lowest BCUT2D eigenvalue weighted by Crippen LogP contribution is -2.58.